The summed E-state index contributed by atoms with van der Waals surface area (Å²) < 4.78 is 5.87. The number of rotatable bonds is 8. The highest BCUT2D eigenvalue weighted by Crippen LogP contribution is 2.19. The summed E-state index contributed by atoms with van der Waals surface area (Å²) in [6, 6.07) is 6.19. The molecular weight excluding hydrogens is 332 g/mol. The van der Waals surface area contributed by atoms with Crippen LogP contribution in [0.2, 0.25) is 0 Å². The fourth-order valence-corrected chi connectivity index (χ4v) is 3.44. The molecular formula is C20H28N2O2S. The highest BCUT2D eigenvalue weighted by molar-refractivity contribution is 7.09. The van der Waals surface area contributed by atoms with Crippen LogP contribution in [0.1, 0.15) is 49.0 Å². The molecule has 1 aromatic heterocycles. The van der Waals surface area contributed by atoms with E-state index in [0.29, 0.717) is 13.2 Å². The molecule has 4 nitrogen and oxygen atoms in total. The van der Waals surface area contributed by atoms with E-state index in [0.717, 1.165) is 29.4 Å². The lowest BCUT2D eigenvalue weighted by Crippen LogP contribution is -2.34. The number of ether oxygens (including phenoxy) is 1. The number of benzene rings is 1. The van der Waals surface area contributed by atoms with Gasteiger partial charge in [-0.3, -0.25) is 4.79 Å². The molecule has 5 heteroatoms. The molecule has 0 saturated carbocycles. The minimum absolute atomic E-state index is 0.0116. The third-order valence-electron chi connectivity index (χ3n) is 3.81. The highest BCUT2D eigenvalue weighted by atomic mass is 32.1. The van der Waals surface area contributed by atoms with Crippen molar-refractivity contribution in [1.82, 2.24) is 9.88 Å². The van der Waals surface area contributed by atoms with Crippen LogP contribution in [-0.2, 0) is 17.9 Å². The third-order valence-corrected chi connectivity index (χ3v) is 4.68. The zero-order valence-electron chi connectivity index (χ0n) is 15.8. The van der Waals surface area contributed by atoms with Gasteiger partial charge in [-0.2, -0.15) is 0 Å². The number of hydrogen-bond donors (Lipinski definition) is 0. The van der Waals surface area contributed by atoms with E-state index in [-0.39, 0.29) is 11.8 Å². The molecule has 0 aliphatic carbocycles. The molecule has 1 amide bonds. The first-order chi connectivity index (χ1) is 11.9. The molecule has 0 aliphatic rings. The molecule has 1 aromatic carbocycles. The Morgan fingerprint density at radius 2 is 1.92 bits per heavy atom. The molecule has 25 heavy (non-hydrogen) atoms. The Morgan fingerprint density at radius 3 is 2.52 bits per heavy atom. The number of thiazole rings is 1. The van der Waals surface area contributed by atoms with Crippen molar-refractivity contribution >= 4 is 17.2 Å². The molecule has 0 saturated heterocycles. The third kappa shape index (κ3) is 5.85. The van der Waals surface area contributed by atoms with Gasteiger partial charge in [-0.05, 0) is 43.5 Å². The largest absolute Gasteiger partial charge is 0.486 e. The van der Waals surface area contributed by atoms with Crippen LogP contribution in [-0.4, -0.2) is 22.3 Å². The maximum Gasteiger partial charge on any atom is 0.225 e. The molecule has 0 bridgehead atoms. The average Bonchev–Trinajstić information content (AvgIpc) is 2.98. The van der Waals surface area contributed by atoms with E-state index in [2.05, 4.69) is 31.8 Å². The van der Waals surface area contributed by atoms with Gasteiger partial charge in [0.05, 0.1) is 12.2 Å². The molecule has 0 fully saturated rings. The number of hydrogen-bond acceptors (Lipinski definition) is 4. The molecule has 0 unspecified atom stereocenters. The molecule has 0 aliphatic heterocycles. The van der Waals surface area contributed by atoms with Gasteiger partial charge in [0.2, 0.25) is 5.91 Å². The summed E-state index contributed by atoms with van der Waals surface area (Å²) in [5.41, 5.74) is 3.32. The quantitative estimate of drug-likeness (QED) is 0.683. The van der Waals surface area contributed by atoms with Crippen LogP contribution >= 0.6 is 11.3 Å². The van der Waals surface area contributed by atoms with Gasteiger partial charge < -0.3 is 9.64 Å². The molecule has 0 N–H and O–H groups in total. The van der Waals surface area contributed by atoms with E-state index in [1.165, 1.54) is 11.1 Å². The van der Waals surface area contributed by atoms with Crippen LogP contribution in [0.25, 0.3) is 0 Å². The van der Waals surface area contributed by atoms with Crippen molar-refractivity contribution in [3.05, 3.63) is 45.4 Å². The smallest absolute Gasteiger partial charge is 0.225 e. The molecule has 1 heterocycles. The maximum atomic E-state index is 12.3. The summed E-state index contributed by atoms with van der Waals surface area (Å²) in [5.74, 6) is 1.07. The van der Waals surface area contributed by atoms with Gasteiger partial charge in [0.25, 0.3) is 0 Å². The maximum absolute atomic E-state index is 12.3. The highest BCUT2D eigenvalue weighted by Gasteiger charge is 2.17. The minimum Gasteiger partial charge on any atom is -0.486 e. The summed E-state index contributed by atoms with van der Waals surface area (Å²) >= 11 is 1.58. The van der Waals surface area contributed by atoms with Crippen LogP contribution in [0.3, 0.4) is 0 Å². The van der Waals surface area contributed by atoms with E-state index in [1.807, 2.05) is 36.3 Å². The lowest BCUT2D eigenvalue weighted by Gasteiger charge is -2.23. The van der Waals surface area contributed by atoms with Crippen LogP contribution in [0.5, 0.6) is 5.75 Å². The number of carbonyl (C=O) groups excluding carboxylic acids is 1. The van der Waals surface area contributed by atoms with Crippen LogP contribution < -0.4 is 4.74 Å². The van der Waals surface area contributed by atoms with E-state index in [1.54, 1.807) is 11.3 Å². The van der Waals surface area contributed by atoms with E-state index in [9.17, 15) is 4.79 Å². The first-order valence-electron chi connectivity index (χ1n) is 8.82. The first-order valence-corrected chi connectivity index (χ1v) is 9.70. The Kier molecular flexibility index (Phi) is 7.00. The van der Waals surface area contributed by atoms with Crippen molar-refractivity contribution in [3.8, 4) is 5.75 Å². The van der Waals surface area contributed by atoms with Gasteiger partial charge in [-0.15, -0.1) is 11.3 Å². The number of amides is 1. The lowest BCUT2D eigenvalue weighted by molar-refractivity contribution is -0.135. The van der Waals surface area contributed by atoms with E-state index in [4.69, 9.17) is 4.74 Å². The standard InChI is InChI=1S/C20H28N2O2S/c1-6-7-22(20(23)14(2)3)11-17-13-25-19(21-17)12-24-18-9-15(4)8-16(5)10-18/h8-10,13-14H,6-7,11-12H2,1-5H3. The topological polar surface area (TPSA) is 42.4 Å². The molecule has 0 spiro atoms. The SMILES string of the molecule is CCCN(Cc1csc(COc2cc(C)cc(C)c2)n1)C(=O)C(C)C. The Hall–Kier alpha value is -1.88. The Morgan fingerprint density at radius 1 is 1.24 bits per heavy atom. The number of aromatic nitrogens is 1. The molecule has 0 atom stereocenters. The molecule has 2 aromatic rings. The van der Waals surface area contributed by atoms with Crippen molar-refractivity contribution in [2.45, 2.75) is 54.2 Å². The van der Waals surface area contributed by atoms with Gasteiger partial charge in [0.1, 0.15) is 17.4 Å². The average molecular weight is 361 g/mol. The fraction of sp³-hybridized carbons (Fsp3) is 0.500. The summed E-state index contributed by atoms with van der Waals surface area (Å²) in [5, 5.41) is 2.96. The second-order valence-electron chi connectivity index (χ2n) is 6.76. The lowest BCUT2D eigenvalue weighted by atomic mass is 10.1. The van der Waals surface area contributed by atoms with E-state index < -0.39 is 0 Å². The predicted octanol–water partition coefficient (Wildman–Crippen LogP) is 4.73. The zero-order valence-corrected chi connectivity index (χ0v) is 16.7. The van der Waals surface area contributed by atoms with Gasteiger partial charge in [-0.25, -0.2) is 4.98 Å². The Balaban J connectivity index is 1.97. The van der Waals surface area contributed by atoms with Crippen molar-refractivity contribution in [1.29, 1.82) is 0 Å². The number of aryl methyl sites for hydroxylation is 2. The van der Waals surface area contributed by atoms with Crippen LogP contribution in [0, 0.1) is 19.8 Å². The number of nitrogens with zero attached hydrogens (tertiary/aromatic N) is 2. The van der Waals surface area contributed by atoms with Gasteiger partial charge in [0, 0.05) is 17.8 Å². The number of carbonyl (C=O) groups is 1. The van der Waals surface area contributed by atoms with Gasteiger partial charge >= 0.3 is 0 Å². The van der Waals surface area contributed by atoms with Crippen molar-refractivity contribution < 1.29 is 9.53 Å². The summed E-state index contributed by atoms with van der Waals surface area (Å²) in [6.45, 7) is 11.9. The van der Waals surface area contributed by atoms with Gasteiger partial charge in [0.15, 0.2) is 0 Å². The molecule has 2 rings (SSSR count). The van der Waals surface area contributed by atoms with Crippen molar-refractivity contribution in [2.24, 2.45) is 5.92 Å². The molecule has 0 radical (unpaired) electrons. The minimum atomic E-state index is 0.0116. The van der Waals surface area contributed by atoms with Crippen LogP contribution in [0.15, 0.2) is 23.6 Å². The predicted molar refractivity (Wildman–Crippen MR) is 103 cm³/mol. The Labute approximate surface area is 154 Å². The van der Waals surface area contributed by atoms with Crippen molar-refractivity contribution in [3.63, 3.8) is 0 Å². The summed E-state index contributed by atoms with van der Waals surface area (Å²) in [7, 11) is 0. The van der Waals surface area contributed by atoms with E-state index >= 15 is 0 Å². The second-order valence-corrected chi connectivity index (χ2v) is 7.70. The zero-order chi connectivity index (χ0) is 18.4. The fourth-order valence-electron chi connectivity index (χ4n) is 2.75. The first kappa shape index (κ1) is 19.4. The monoisotopic (exact) mass is 360 g/mol. The van der Waals surface area contributed by atoms with Crippen LogP contribution in [0.4, 0.5) is 0 Å². The van der Waals surface area contributed by atoms with Gasteiger partial charge in [-0.1, -0.05) is 26.8 Å². The van der Waals surface area contributed by atoms with Crippen molar-refractivity contribution in [2.75, 3.05) is 6.54 Å². The summed E-state index contributed by atoms with van der Waals surface area (Å²) in [6.07, 6.45) is 0.950. The molecule has 136 valence electrons. The second kappa shape index (κ2) is 8.99. The Bertz CT molecular complexity index is 689. The summed E-state index contributed by atoms with van der Waals surface area (Å²) in [4.78, 5) is 18.8. The normalized spacial score (nSPS) is 11.0.